The second-order valence-corrected chi connectivity index (χ2v) is 7.81. The van der Waals surface area contributed by atoms with Crippen molar-refractivity contribution in [1.82, 2.24) is 4.98 Å². The minimum Gasteiger partial charge on any atom is -0.493 e. The molecule has 1 aliphatic rings. The summed E-state index contributed by atoms with van der Waals surface area (Å²) >= 11 is 0. The first-order valence-corrected chi connectivity index (χ1v) is 10.7. The molecule has 2 aromatic rings. The van der Waals surface area contributed by atoms with Gasteiger partial charge in [0.15, 0.2) is 17.3 Å². The van der Waals surface area contributed by atoms with Gasteiger partial charge in [-0.2, -0.15) is 0 Å². The highest BCUT2D eigenvalue weighted by molar-refractivity contribution is 6.03. The van der Waals surface area contributed by atoms with Crippen LogP contribution in [0.5, 0.6) is 17.2 Å². The third-order valence-electron chi connectivity index (χ3n) is 5.83. The van der Waals surface area contributed by atoms with Crippen LogP contribution in [0.15, 0.2) is 12.1 Å². The topological polar surface area (TPSA) is 86.9 Å². The molecule has 1 heterocycles. The van der Waals surface area contributed by atoms with Gasteiger partial charge in [-0.15, -0.1) is 0 Å². The Morgan fingerprint density at radius 3 is 2.32 bits per heavy atom. The Balaban J connectivity index is 1.87. The number of carbonyl (C=O) groups is 2. The molecule has 3 rings (SSSR count). The highest BCUT2D eigenvalue weighted by atomic mass is 16.5. The molecule has 0 saturated carbocycles. The smallest absolute Gasteiger partial charge is 0.355 e. The largest absolute Gasteiger partial charge is 0.493 e. The fourth-order valence-electron chi connectivity index (χ4n) is 4.20. The van der Waals surface area contributed by atoms with Gasteiger partial charge in [-0.3, -0.25) is 4.79 Å². The van der Waals surface area contributed by atoms with E-state index in [1.165, 1.54) is 0 Å². The predicted octanol–water partition coefficient (Wildman–Crippen LogP) is 4.61. The lowest BCUT2D eigenvalue weighted by Gasteiger charge is -2.24. The van der Waals surface area contributed by atoms with Gasteiger partial charge in [-0.1, -0.05) is 19.8 Å². The van der Waals surface area contributed by atoms with Gasteiger partial charge in [0, 0.05) is 17.7 Å². The summed E-state index contributed by atoms with van der Waals surface area (Å²) in [5.41, 5.74) is 3.35. The van der Waals surface area contributed by atoms with Crippen molar-refractivity contribution in [2.45, 2.75) is 51.9 Å². The lowest BCUT2D eigenvalue weighted by atomic mass is 9.81. The van der Waals surface area contributed by atoms with Crippen molar-refractivity contribution in [2.75, 3.05) is 27.9 Å². The van der Waals surface area contributed by atoms with Crippen LogP contribution in [-0.4, -0.2) is 44.7 Å². The predicted molar refractivity (Wildman–Crippen MR) is 117 cm³/mol. The van der Waals surface area contributed by atoms with E-state index in [-0.39, 0.29) is 11.7 Å². The van der Waals surface area contributed by atoms with Crippen molar-refractivity contribution in [3.63, 3.8) is 0 Å². The third kappa shape index (κ3) is 4.55. The number of nitrogens with one attached hydrogen (secondary N) is 1. The summed E-state index contributed by atoms with van der Waals surface area (Å²) in [5.74, 6) is 1.16. The maximum absolute atomic E-state index is 13.0. The Bertz CT molecular complexity index is 936. The molecule has 1 aliphatic carbocycles. The first kappa shape index (κ1) is 22.7. The zero-order chi connectivity index (χ0) is 22.5. The van der Waals surface area contributed by atoms with E-state index in [1.54, 1.807) is 28.3 Å². The Morgan fingerprint density at radius 2 is 1.74 bits per heavy atom. The van der Waals surface area contributed by atoms with Crippen LogP contribution in [0.4, 0.5) is 0 Å². The number of benzene rings is 1. The van der Waals surface area contributed by atoms with E-state index in [1.807, 2.05) is 12.1 Å². The van der Waals surface area contributed by atoms with E-state index >= 15 is 0 Å². The molecule has 31 heavy (non-hydrogen) atoms. The number of methoxy groups -OCH3 is 3. The summed E-state index contributed by atoms with van der Waals surface area (Å²) in [6, 6.07) is 3.76. The lowest BCUT2D eigenvalue weighted by molar-refractivity contribution is 0.0491. The zero-order valence-corrected chi connectivity index (χ0v) is 18.9. The Hall–Kier alpha value is -2.96. The molecule has 7 nitrogen and oxygen atoms in total. The molecule has 1 N–H and O–H groups in total. The number of fused-ring (bicyclic) bond motifs is 1. The summed E-state index contributed by atoms with van der Waals surface area (Å²) in [4.78, 5) is 28.7. The first-order chi connectivity index (χ1) is 14.9. The van der Waals surface area contributed by atoms with Gasteiger partial charge >= 0.3 is 5.97 Å². The van der Waals surface area contributed by atoms with E-state index in [2.05, 4.69) is 11.9 Å². The fourth-order valence-corrected chi connectivity index (χ4v) is 4.20. The summed E-state index contributed by atoms with van der Waals surface area (Å²) in [7, 11) is 4.69. The second-order valence-electron chi connectivity index (χ2n) is 7.81. The highest BCUT2D eigenvalue weighted by Crippen LogP contribution is 2.43. The molecule has 0 radical (unpaired) electrons. The zero-order valence-electron chi connectivity index (χ0n) is 18.9. The molecule has 168 valence electrons. The van der Waals surface area contributed by atoms with Crippen molar-refractivity contribution < 1.29 is 28.5 Å². The Labute approximate surface area is 183 Å². The number of hydrogen-bond acceptors (Lipinski definition) is 6. The fraction of sp³-hybridized carbons (Fsp3) is 0.500. The summed E-state index contributed by atoms with van der Waals surface area (Å²) < 4.78 is 21.7. The molecule has 1 aromatic heterocycles. The van der Waals surface area contributed by atoms with E-state index in [0.717, 1.165) is 30.5 Å². The maximum atomic E-state index is 13.0. The molecule has 0 aliphatic heterocycles. The number of unbranched alkanes of at least 4 members (excludes halogenated alkanes) is 2. The van der Waals surface area contributed by atoms with Crippen LogP contribution >= 0.6 is 0 Å². The van der Waals surface area contributed by atoms with Crippen LogP contribution in [-0.2, 0) is 11.2 Å². The van der Waals surface area contributed by atoms with Gasteiger partial charge in [0.05, 0.1) is 27.9 Å². The molecule has 1 aromatic carbocycles. The second kappa shape index (κ2) is 9.90. The number of carbonyl (C=O) groups excluding carboxylic acids is 2. The average molecular weight is 430 g/mol. The van der Waals surface area contributed by atoms with Crippen LogP contribution in [0.3, 0.4) is 0 Å². The van der Waals surface area contributed by atoms with Crippen LogP contribution < -0.4 is 14.2 Å². The minimum absolute atomic E-state index is 0.0128. The van der Waals surface area contributed by atoms with Gasteiger partial charge in [0.2, 0.25) is 5.75 Å². The standard InChI is InChI=1S/C24H31NO6/c1-6-7-8-9-31-24(27)22-14(2)21-17(25-22)10-15(11-18(21)26)16-12-19(28-3)23(30-5)20(13-16)29-4/h12-13,15,25H,6-11H2,1-5H3. The molecule has 0 saturated heterocycles. The lowest BCUT2D eigenvalue weighted by Crippen LogP contribution is -2.19. The molecule has 1 unspecified atom stereocenters. The number of H-pyrrole nitrogens is 1. The molecule has 7 heteroatoms. The van der Waals surface area contributed by atoms with E-state index in [4.69, 9.17) is 18.9 Å². The van der Waals surface area contributed by atoms with Crippen LogP contribution in [0, 0.1) is 6.92 Å². The number of Topliss-reactive ketones (excluding diaryl/α,β-unsaturated/α-hetero) is 1. The van der Waals surface area contributed by atoms with Crippen molar-refractivity contribution >= 4 is 11.8 Å². The molecule has 0 fully saturated rings. The normalized spacial score (nSPS) is 15.4. The number of hydrogen-bond donors (Lipinski definition) is 1. The van der Waals surface area contributed by atoms with Crippen molar-refractivity contribution in [3.05, 3.63) is 40.2 Å². The van der Waals surface area contributed by atoms with E-state index in [0.29, 0.717) is 53.5 Å². The van der Waals surface area contributed by atoms with Crippen LogP contribution in [0.1, 0.15) is 76.2 Å². The van der Waals surface area contributed by atoms with Gasteiger partial charge in [0.1, 0.15) is 5.69 Å². The van der Waals surface area contributed by atoms with E-state index < -0.39 is 5.97 Å². The average Bonchev–Trinajstić information content (AvgIpc) is 3.12. The molecule has 0 spiro atoms. The van der Waals surface area contributed by atoms with Gasteiger partial charge in [-0.25, -0.2) is 4.79 Å². The van der Waals surface area contributed by atoms with Crippen molar-refractivity contribution in [3.8, 4) is 17.2 Å². The molecular formula is C24H31NO6. The number of aromatic nitrogens is 1. The van der Waals surface area contributed by atoms with Gasteiger partial charge in [0.25, 0.3) is 0 Å². The number of aromatic amines is 1. The summed E-state index contributed by atoms with van der Waals surface area (Å²) in [6.07, 6.45) is 3.86. The number of ether oxygens (including phenoxy) is 4. The number of rotatable bonds is 9. The van der Waals surface area contributed by atoms with Crippen LogP contribution in [0.25, 0.3) is 0 Å². The maximum Gasteiger partial charge on any atom is 0.355 e. The van der Waals surface area contributed by atoms with Crippen molar-refractivity contribution in [1.29, 1.82) is 0 Å². The third-order valence-corrected chi connectivity index (χ3v) is 5.83. The minimum atomic E-state index is -0.403. The molecule has 1 atom stereocenters. The van der Waals surface area contributed by atoms with Gasteiger partial charge < -0.3 is 23.9 Å². The summed E-state index contributed by atoms with van der Waals surface area (Å²) in [6.45, 7) is 4.29. The highest BCUT2D eigenvalue weighted by Gasteiger charge is 2.33. The number of ketones is 1. The van der Waals surface area contributed by atoms with E-state index in [9.17, 15) is 9.59 Å². The number of esters is 1. The molecular weight excluding hydrogens is 398 g/mol. The monoisotopic (exact) mass is 429 g/mol. The van der Waals surface area contributed by atoms with Gasteiger partial charge in [-0.05, 0) is 48.9 Å². The quantitative estimate of drug-likeness (QED) is 0.463. The molecule has 0 bridgehead atoms. The Morgan fingerprint density at radius 1 is 1.06 bits per heavy atom. The van der Waals surface area contributed by atoms with Crippen molar-refractivity contribution in [2.24, 2.45) is 0 Å². The Kier molecular flexibility index (Phi) is 7.25. The summed E-state index contributed by atoms with van der Waals surface area (Å²) in [5, 5.41) is 0. The first-order valence-electron chi connectivity index (χ1n) is 10.7. The molecule has 0 amide bonds. The van der Waals surface area contributed by atoms with Crippen LogP contribution in [0.2, 0.25) is 0 Å². The SMILES string of the molecule is CCCCCOC(=O)c1[nH]c2c(c1C)C(=O)CC(c1cc(OC)c(OC)c(OC)c1)C2.